The van der Waals surface area contributed by atoms with Crippen molar-refractivity contribution in [3.63, 3.8) is 0 Å². The first-order chi connectivity index (χ1) is 10.4. The third kappa shape index (κ3) is 7.34. The van der Waals surface area contributed by atoms with E-state index in [9.17, 15) is 4.21 Å². The number of hydrogen-bond acceptors (Lipinski definition) is 2. The van der Waals surface area contributed by atoms with Crippen LogP contribution in [0.1, 0.15) is 51.2 Å². The van der Waals surface area contributed by atoms with Gasteiger partial charge in [-0.05, 0) is 35.9 Å². The molecular weight excluding hydrogens is 294 g/mol. The molecule has 0 aliphatic carbocycles. The molecule has 1 aromatic carbocycles. The van der Waals surface area contributed by atoms with Gasteiger partial charge in [0.2, 0.25) is 0 Å². The van der Waals surface area contributed by atoms with Crippen LogP contribution in [0.4, 0.5) is 0 Å². The first-order valence-electron chi connectivity index (χ1n) is 7.99. The quantitative estimate of drug-likeness (QED) is 0.532. The van der Waals surface area contributed by atoms with Crippen molar-refractivity contribution in [3.8, 4) is 0 Å². The summed E-state index contributed by atoms with van der Waals surface area (Å²) in [5, 5.41) is 3.44. The van der Waals surface area contributed by atoms with Crippen molar-refractivity contribution in [1.29, 1.82) is 0 Å². The Labute approximate surface area is 137 Å². The molecule has 1 aromatic rings. The SMILES string of the molecule is CC(C)c1ccc(/C=C/C(NCCCS(=O)O)C(C)C)cc1. The van der Waals surface area contributed by atoms with Gasteiger partial charge in [0.05, 0.1) is 5.75 Å². The first-order valence-corrected chi connectivity index (χ1v) is 9.26. The van der Waals surface area contributed by atoms with Gasteiger partial charge in [-0.3, -0.25) is 0 Å². The lowest BCUT2D eigenvalue weighted by atomic mass is 10.00. The summed E-state index contributed by atoms with van der Waals surface area (Å²) < 4.78 is 19.4. The molecule has 0 aliphatic rings. The summed E-state index contributed by atoms with van der Waals surface area (Å²) in [5.74, 6) is 1.36. The molecule has 0 fully saturated rings. The summed E-state index contributed by atoms with van der Waals surface area (Å²) in [6.45, 7) is 9.50. The maximum atomic E-state index is 10.6. The Hall–Kier alpha value is -0.970. The van der Waals surface area contributed by atoms with Crippen molar-refractivity contribution in [2.75, 3.05) is 12.3 Å². The van der Waals surface area contributed by atoms with Crippen molar-refractivity contribution in [2.24, 2.45) is 5.92 Å². The molecule has 22 heavy (non-hydrogen) atoms. The van der Waals surface area contributed by atoms with Crippen molar-refractivity contribution in [1.82, 2.24) is 5.32 Å². The molecule has 0 aromatic heterocycles. The van der Waals surface area contributed by atoms with Gasteiger partial charge in [-0.15, -0.1) is 0 Å². The lowest BCUT2D eigenvalue weighted by Crippen LogP contribution is -2.33. The van der Waals surface area contributed by atoms with Crippen LogP contribution in [0, 0.1) is 5.92 Å². The predicted molar refractivity (Wildman–Crippen MR) is 96.4 cm³/mol. The summed E-state index contributed by atoms with van der Waals surface area (Å²) in [7, 11) is 0. The Morgan fingerprint density at radius 3 is 2.32 bits per heavy atom. The highest BCUT2D eigenvalue weighted by Gasteiger charge is 2.08. The zero-order valence-corrected chi connectivity index (χ0v) is 14.9. The highest BCUT2D eigenvalue weighted by molar-refractivity contribution is 7.79. The Morgan fingerprint density at radius 1 is 1.18 bits per heavy atom. The lowest BCUT2D eigenvalue weighted by molar-refractivity contribution is 0.464. The van der Waals surface area contributed by atoms with E-state index in [0.717, 1.165) is 6.54 Å². The second kappa shape index (κ2) is 9.93. The lowest BCUT2D eigenvalue weighted by Gasteiger charge is -2.18. The molecule has 4 heteroatoms. The molecule has 3 nitrogen and oxygen atoms in total. The van der Waals surface area contributed by atoms with E-state index < -0.39 is 11.1 Å². The number of hydrogen-bond donors (Lipinski definition) is 2. The van der Waals surface area contributed by atoms with Crippen LogP contribution in [-0.4, -0.2) is 27.1 Å². The minimum atomic E-state index is -1.69. The first kappa shape index (κ1) is 19.1. The van der Waals surface area contributed by atoms with Crippen LogP contribution < -0.4 is 5.32 Å². The van der Waals surface area contributed by atoms with Crippen LogP contribution in [0.2, 0.25) is 0 Å². The molecule has 1 rings (SSSR count). The van der Waals surface area contributed by atoms with E-state index in [1.54, 1.807) is 0 Å². The van der Waals surface area contributed by atoms with Crippen molar-refractivity contribution in [2.45, 2.75) is 46.1 Å². The van der Waals surface area contributed by atoms with Gasteiger partial charge in [-0.1, -0.05) is 64.1 Å². The van der Waals surface area contributed by atoms with E-state index >= 15 is 0 Å². The van der Waals surface area contributed by atoms with Gasteiger partial charge in [0.1, 0.15) is 0 Å². The zero-order valence-electron chi connectivity index (χ0n) is 14.1. The maximum absolute atomic E-state index is 10.6. The molecule has 0 amide bonds. The average Bonchev–Trinajstić information content (AvgIpc) is 2.46. The van der Waals surface area contributed by atoms with E-state index in [1.165, 1.54) is 11.1 Å². The van der Waals surface area contributed by atoms with Crippen LogP contribution in [0.5, 0.6) is 0 Å². The van der Waals surface area contributed by atoms with Gasteiger partial charge in [0.25, 0.3) is 0 Å². The summed E-state index contributed by atoms with van der Waals surface area (Å²) in [6, 6.07) is 8.94. The van der Waals surface area contributed by atoms with E-state index in [0.29, 0.717) is 24.0 Å². The zero-order chi connectivity index (χ0) is 16.5. The van der Waals surface area contributed by atoms with Crippen LogP contribution >= 0.6 is 0 Å². The Balaban J connectivity index is 2.56. The molecule has 0 radical (unpaired) electrons. The van der Waals surface area contributed by atoms with Crippen LogP contribution in [-0.2, 0) is 11.1 Å². The fourth-order valence-corrected chi connectivity index (χ4v) is 2.59. The summed E-state index contributed by atoms with van der Waals surface area (Å²) in [4.78, 5) is 0. The topological polar surface area (TPSA) is 49.3 Å². The normalized spacial score (nSPS) is 14.9. The van der Waals surface area contributed by atoms with E-state index in [4.69, 9.17) is 4.55 Å². The Bertz CT molecular complexity index is 480. The molecule has 2 unspecified atom stereocenters. The van der Waals surface area contributed by atoms with E-state index in [1.807, 2.05) is 0 Å². The summed E-state index contributed by atoms with van der Waals surface area (Å²) >= 11 is -1.69. The van der Waals surface area contributed by atoms with Crippen LogP contribution in [0.3, 0.4) is 0 Å². The van der Waals surface area contributed by atoms with Crippen molar-refractivity contribution >= 4 is 17.2 Å². The minimum absolute atomic E-state index is 0.275. The highest BCUT2D eigenvalue weighted by atomic mass is 32.2. The van der Waals surface area contributed by atoms with E-state index in [-0.39, 0.29) is 6.04 Å². The molecule has 0 saturated carbocycles. The van der Waals surface area contributed by atoms with Crippen molar-refractivity contribution in [3.05, 3.63) is 41.5 Å². The number of rotatable bonds is 9. The summed E-state index contributed by atoms with van der Waals surface area (Å²) in [6.07, 6.45) is 5.04. The summed E-state index contributed by atoms with van der Waals surface area (Å²) in [5.41, 5.74) is 2.56. The fourth-order valence-electron chi connectivity index (χ4n) is 2.20. The smallest absolute Gasteiger partial charge is 0.152 e. The minimum Gasteiger partial charge on any atom is -0.310 e. The van der Waals surface area contributed by atoms with Gasteiger partial charge in [-0.2, -0.15) is 0 Å². The molecule has 2 N–H and O–H groups in total. The van der Waals surface area contributed by atoms with Crippen molar-refractivity contribution < 1.29 is 8.76 Å². The number of nitrogens with one attached hydrogen (secondary N) is 1. The van der Waals surface area contributed by atoms with Gasteiger partial charge in [-0.25, -0.2) is 4.21 Å². The second-order valence-corrected chi connectivity index (χ2v) is 7.33. The van der Waals surface area contributed by atoms with Crippen LogP contribution in [0.15, 0.2) is 30.3 Å². The molecule has 0 heterocycles. The Morgan fingerprint density at radius 2 is 1.82 bits per heavy atom. The predicted octanol–water partition coefficient (Wildman–Crippen LogP) is 4.05. The van der Waals surface area contributed by atoms with Crippen LogP contribution in [0.25, 0.3) is 6.08 Å². The molecular formula is C18H29NO2S. The number of benzene rings is 1. The monoisotopic (exact) mass is 323 g/mol. The molecule has 0 bridgehead atoms. The third-order valence-corrected chi connectivity index (χ3v) is 4.33. The third-order valence-electron chi connectivity index (χ3n) is 3.69. The Kier molecular flexibility index (Phi) is 8.61. The average molecular weight is 324 g/mol. The highest BCUT2D eigenvalue weighted by Crippen LogP contribution is 2.16. The molecule has 124 valence electrons. The van der Waals surface area contributed by atoms with Gasteiger partial charge in [0.15, 0.2) is 11.1 Å². The van der Waals surface area contributed by atoms with Gasteiger partial charge < -0.3 is 9.87 Å². The standard InChI is InChI=1S/C18H29NO2S/c1-14(2)17-9-6-16(7-10-17)8-11-18(15(3)4)19-12-5-13-22(20)21/h6-11,14-15,18-19H,5,12-13H2,1-4H3,(H,20,21)/b11-8+. The van der Waals surface area contributed by atoms with Gasteiger partial charge >= 0.3 is 0 Å². The van der Waals surface area contributed by atoms with E-state index in [2.05, 4.69) is 69.4 Å². The largest absolute Gasteiger partial charge is 0.310 e. The second-order valence-electron chi connectivity index (χ2n) is 6.28. The molecule has 0 saturated heterocycles. The fraction of sp³-hybridized carbons (Fsp3) is 0.556. The molecule has 0 aliphatic heterocycles. The molecule has 0 spiro atoms. The molecule has 2 atom stereocenters. The maximum Gasteiger partial charge on any atom is 0.152 e. The van der Waals surface area contributed by atoms with Gasteiger partial charge in [0, 0.05) is 6.04 Å².